The summed E-state index contributed by atoms with van der Waals surface area (Å²) in [5.41, 5.74) is 2.14. The predicted molar refractivity (Wildman–Crippen MR) is 64.4 cm³/mol. The minimum absolute atomic E-state index is 0.0627. The second-order valence-electron chi connectivity index (χ2n) is 4.02. The highest BCUT2D eigenvalue weighted by atomic mass is 16.4. The summed E-state index contributed by atoms with van der Waals surface area (Å²) in [5.74, 6) is -0.225. The molecule has 1 aliphatic heterocycles. The fourth-order valence-electron chi connectivity index (χ4n) is 1.71. The molecule has 1 aromatic carbocycles. The van der Waals surface area contributed by atoms with Gasteiger partial charge in [-0.15, -0.1) is 0 Å². The molecule has 2 rings (SSSR count). The van der Waals surface area contributed by atoms with Crippen molar-refractivity contribution in [2.75, 3.05) is 6.54 Å². The van der Waals surface area contributed by atoms with E-state index in [0.29, 0.717) is 5.71 Å². The molecule has 1 aliphatic rings. The van der Waals surface area contributed by atoms with Gasteiger partial charge in [0.2, 0.25) is 5.91 Å². The second-order valence-corrected chi connectivity index (χ2v) is 4.02. The lowest BCUT2D eigenvalue weighted by Crippen LogP contribution is -2.30. The van der Waals surface area contributed by atoms with E-state index in [9.17, 15) is 9.59 Å². The minimum Gasteiger partial charge on any atom is -0.411 e. The third-order valence-electron chi connectivity index (χ3n) is 2.80. The molecular formula is C12H13N3O3. The molecule has 0 saturated carbocycles. The van der Waals surface area contributed by atoms with Gasteiger partial charge in [-0.2, -0.15) is 0 Å². The largest absolute Gasteiger partial charge is 0.411 e. The SMILES string of the molecule is C/C(=N\O)c1ccc(CN2C(=O)CNC2=O)cc1. The summed E-state index contributed by atoms with van der Waals surface area (Å²) in [6, 6.07) is 6.79. The fraction of sp³-hybridized carbons (Fsp3) is 0.250. The molecule has 0 unspecified atom stereocenters. The molecule has 0 aromatic heterocycles. The molecule has 6 nitrogen and oxygen atoms in total. The van der Waals surface area contributed by atoms with E-state index in [1.807, 2.05) is 0 Å². The highest BCUT2D eigenvalue weighted by molar-refractivity contribution is 6.02. The number of hydrogen-bond donors (Lipinski definition) is 2. The number of nitrogens with zero attached hydrogens (tertiary/aromatic N) is 2. The summed E-state index contributed by atoms with van der Waals surface area (Å²) in [5, 5.41) is 14.2. The number of imide groups is 1. The summed E-state index contributed by atoms with van der Waals surface area (Å²) in [6.45, 7) is 2.00. The monoisotopic (exact) mass is 247 g/mol. The molecule has 0 aliphatic carbocycles. The number of benzene rings is 1. The zero-order valence-electron chi connectivity index (χ0n) is 9.88. The van der Waals surface area contributed by atoms with Crippen molar-refractivity contribution in [3.8, 4) is 0 Å². The Morgan fingerprint density at radius 1 is 1.39 bits per heavy atom. The molecule has 94 valence electrons. The van der Waals surface area contributed by atoms with Gasteiger partial charge < -0.3 is 10.5 Å². The van der Waals surface area contributed by atoms with Gasteiger partial charge in [-0.1, -0.05) is 29.4 Å². The van der Waals surface area contributed by atoms with E-state index in [2.05, 4.69) is 10.5 Å². The first-order valence-corrected chi connectivity index (χ1v) is 5.48. The lowest BCUT2D eigenvalue weighted by atomic mass is 10.1. The van der Waals surface area contributed by atoms with Crippen LogP contribution in [0.2, 0.25) is 0 Å². The van der Waals surface area contributed by atoms with Crippen molar-refractivity contribution in [1.29, 1.82) is 0 Å². The average molecular weight is 247 g/mol. The summed E-state index contributed by atoms with van der Waals surface area (Å²) in [7, 11) is 0. The first kappa shape index (κ1) is 12.1. The van der Waals surface area contributed by atoms with Gasteiger partial charge in [0.15, 0.2) is 0 Å². The van der Waals surface area contributed by atoms with Gasteiger partial charge in [-0.25, -0.2) is 4.79 Å². The molecule has 1 saturated heterocycles. The molecule has 18 heavy (non-hydrogen) atoms. The molecular weight excluding hydrogens is 234 g/mol. The number of carbonyl (C=O) groups is 2. The highest BCUT2D eigenvalue weighted by Crippen LogP contribution is 2.10. The molecule has 1 heterocycles. The standard InChI is InChI=1S/C12H13N3O3/c1-8(14-18)10-4-2-9(3-5-10)7-15-11(16)6-13-12(15)17/h2-5,18H,6-7H2,1H3,(H,13,17)/b14-8+. The van der Waals surface area contributed by atoms with Crippen LogP contribution < -0.4 is 5.32 Å². The van der Waals surface area contributed by atoms with Crippen molar-refractivity contribution >= 4 is 17.6 Å². The van der Waals surface area contributed by atoms with Gasteiger partial charge in [0.05, 0.1) is 18.8 Å². The van der Waals surface area contributed by atoms with E-state index in [1.54, 1.807) is 31.2 Å². The quantitative estimate of drug-likeness (QED) is 0.361. The van der Waals surface area contributed by atoms with Gasteiger partial charge in [0.25, 0.3) is 0 Å². The Kier molecular flexibility index (Phi) is 3.27. The number of oxime groups is 1. The lowest BCUT2D eigenvalue weighted by molar-refractivity contribution is -0.125. The van der Waals surface area contributed by atoms with Gasteiger partial charge in [-0.3, -0.25) is 9.69 Å². The summed E-state index contributed by atoms with van der Waals surface area (Å²) in [4.78, 5) is 23.9. The van der Waals surface area contributed by atoms with Crippen LogP contribution in [0.5, 0.6) is 0 Å². The van der Waals surface area contributed by atoms with Gasteiger partial charge in [-0.05, 0) is 18.1 Å². The van der Waals surface area contributed by atoms with E-state index >= 15 is 0 Å². The number of urea groups is 1. The third kappa shape index (κ3) is 2.32. The molecule has 0 radical (unpaired) electrons. The number of nitrogens with one attached hydrogen (secondary N) is 1. The first-order valence-electron chi connectivity index (χ1n) is 5.48. The number of amides is 3. The van der Waals surface area contributed by atoms with Gasteiger partial charge in [0.1, 0.15) is 0 Å². The molecule has 3 amide bonds. The Labute approximate surface area is 104 Å². The summed E-state index contributed by atoms with van der Waals surface area (Å²) in [6.07, 6.45) is 0. The van der Waals surface area contributed by atoms with Crippen molar-refractivity contribution in [2.45, 2.75) is 13.5 Å². The van der Waals surface area contributed by atoms with Gasteiger partial charge >= 0.3 is 6.03 Å². The minimum atomic E-state index is -0.364. The Balaban J connectivity index is 2.11. The van der Waals surface area contributed by atoms with Crippen LogP contribution in [-0.2, 0) is 11.3 Å². The number of carbonyl (C=O) groups excluding carboxylic acids is 2. The van der Waals surface area contributed by atoms with Crippen LogP contribution in [0.3, 0.4) is 0 Å². The fourth-order valence-corrected chi connectivity index (χ4v) is 1.71. The maximum atomic E-state index is 11.4. The van der Waals surface area contributed by atoms with Crippen LogP contribution in [0.25, 0.3) is 0 Å². The maximum Gasteiger partial charge on any atom is 0.324 e. The summed E-state index contributed by atoms with van der Waals surface area (Å²) < 4.78 is 0. The third-order valence-corrected chi connectivity index (χ3v) is 2.80. The van der Waals surface area contributed by atoms with Gasteiger partial charge in [0, 0.05) is 0 Å². The zero-order chi connectivity index (χ0) is 13.1. The maximum absolute atomic E-state index is 11.4. The molecule has 1 fully saturated rings. The van der Waals surface area contributed by atoms with E-state index in [1.165, 1.54) is 4.90 Å². The van der Waals surface area contributed by atoms with Crippen LogP contribution in [0, 0.1) is 0 Å². The van der Waals surface area contributed by atoms with E-state index in [-0.39, 0.29) is 25.0 Å². The van der Waals surface area contributed by atoms with Crippen molar-refractivity contribution in [1.82, 2.24) is 10.2 Å². The van der Waals surface area contributed by atoms with Crippen molar-refractivity contribution in [2.24, 2.45) is 5.16 Å². The van der Waals surface area contributed by atoms with Crippen molar-refractivity contribution in [3.05, 3.63) is 35.4 Å². The smallest absolute Gasteiger partial charge is 0.324 e. The van der Waals surface area contributed by atoms with Crippen molar-refractivity contribution < 1.29 is 14.8 Å². The van der Waals surface area contributed by atoms with Crippen LogP contribution in [0.15, 0.2) is 29.4 Å². The Hall–Kier alpha value is -2.37. The van der Waals surface area contributed by atoms with Crippen LogP contribution >= 0.6 is 0 Å². The van der Waals surface area contributed by atoms with Crippen molar-refractivity contribution in [3.63, 3.8) is 0 Å². The molecule has 0 bridgehead atoms. The van der Waals surface area contributed by atoms with E-state index < -0.39 is 0 Å². The highest BCUT2D eigenvalue weighted by Gasteiger charge is 2.28. The van der Waals surface area contributed by atoms with Crippen LogP contribution in [0.1, 0.15) is 18.1 Å². The predicted octanol–water partition coefficient (Wildman–Crippen LogP) is 0.937. The Morgan fingerprint density at radius 3 is 2.56 bits per heavy atom. The summed E-state index contributed by atoms with van der Waals surface area (Å²) >= 11 is 0. The van der Waals surface area contributed by atoms with Crippen LogP contribution in [0.4, 0.5) is 4.79 Å². The topological polar surface area (TPSA) is 82.0 Å². The number of hydrogen-bond acceptors (Lipinski definition) is 4. The molecule has 2 N–H and O–H groups in total. The lowest BCUT2D eigenvalue weighted by Gasteiger charge is -2.12. The average Bonchev–Trinajstić information content (AvgIpc) is 2.70. The second kappa shape index (κ2) is 4.87. The normalized spacial score (nSPS) is 16.1. The van der Waals surface area contributed by atoms with E-state index in [0.717, 1.165) is 11.1 Å². The molecule has 0 spiro atoms. The Morgan fingerprint density at radius 2 is 2.06 bits per heavy atom. The number of rotatable bonds is 3. The first-order chi connectivity index (χ1) is 8.61. The zero-order valence-corrected chi connectivity index (χ0v) is 9.88. The van der Waals surface area contributed by atoms with E-state index in [4.69, 9.17) is 5.21 Å². The van der Waals surface area contributed by atoms with Crippen LogP contribution in [-0.4, -0.2) is 34.3 Å². The molecule has 6 heteroatoms. The Bertz CT molecular complexity index is 492. The molecule has 1 aromatic rings. The molecule has 0 atom stereocenters.